The Morgan fingerprint density at radius 2 is 2.00 bits per heavy atom. The van der Waals surface area contributed by atoms with E-state index >= 15 is 0 Å². The second-order valence-corrected chi connectivity index (χ2v) is 6.22. The Kier molecular flexibility index (Phi) is 4.24. The van der Waals surface area contributed by atoms with E-state index in [1.54, 1.807) is 0 Å². The summed E-state index contributed by atoms with van der Waals surface area (Å²) in [7, 11) is 0. The van der Waals surface area contributed by atoms with Gasteiger partial charge in [-0.25, -0.2) is 0 Å². The molecule has 0 aromatic carbocycles. The quantitative estimate of drug-likeness (QED) is 0.759. The molecular formula is C15H24N2O3. The molecule has 0 saturated carbocycles. The molecule has 3 fully saturated rings. The van der Waals surface area contributed by atoms with Gasteiger partial charge in [0.05, 0.1) is 6.61 Å². The largest absolute Gasteiger partial charge is 0.381 e. The Labute approximate surface area is 120 Å². The van der Waals surface area contributed by atoms with Gasteiger partial charge in [0, 0.05) is 32.7 Å². The molecule has 3 aliphatic rings. The number of hydrogen-bond acceptors (Lipinski definition) is 3. The van der Waals surface area contributed by atoms with Crippen molar-refractivity contribution in [1.29, 1.82) is 0 Å². The van der Waals surface area contributed by atoms with Crippen LogP contribution in [0.1, 0.15) is 38.5 Å². The van der Waals surface area contributed by atoms with Crippen molar-refractivity contribution in [3.8, 4) is 0 Å². The van der Waals surface area contributed by atoms with Crippen LogP contribution in [0.5, 0.6) is 0 Å². The Balaban J connectivity index is 1.68. The first-order chi connectivity index (χ1) is 9.75. The van der Waals surface area contributed by atoms with Gasteiger partial charge < -0.3 is 14.5 Å². The first kappa shape index (κ1) is 13.9. The average Bonchev–Trinajstić information content (AvgIpc) is 2.61. The summed E-state index contributed by atoms with van der Waals surface area (Å²) in [5.41, 5.74) is 0. The monoisotopic (exact) mass is 280 g/mol. The van der Waals surface area contributed by atoms with E-state index in [9.17, 15) is 9.59 Å². The summed E-state index contributed by atoms with van der Waals surface area (Å²) in [5.74, 6) is 0.768. The van der Waals surface area contributed by atoms with Gasteiger partial charge in [0.15, 0.2) is 0 Å². The standard InChI is InChI=1S/C15H24N2O3/c18-14-6-8-16(10-12-4-3-9-20-11-12)15(19)13-5-1-2-7-17(13)14/h12-13H,1-11H2. The second kappa shape index (κ2) is 6.12. The van der Waals surface area contributed by atoms with Gasteiger partial charge in [0.25, 0.3) is 0 Å². The Morgan fingerprint density at radius 1 is 1.10 bits per heavy atom. The molecule has 0 aromatic rings. The Bertz CT molecular complexity index is 379. The minimum atomic E-state index is -0.191. The van der Waals surface area contributed by atoms with Gasteiger partial charge in [-0.05, 0) is 38.0 Å². The lowest BCUT2D eigenvalue weighted by molar-refractivity contribution is -0.143. The summed E-state index contributed by atoms with van der Waals surface area (Å²) in [6, 6.07) is -0.191. The molecule has 0 aliphatic carbocycles. The van der Waals surface area contributed by atoms with Crippen molar-refractivity contribution in [1.82, 2.24) is 9.80 Å². The predicted molar refractivity (Wildman–Crippen MR) is 74.1 cm³/mol. The van der Waals surface area contributed by atoms with Crippen LogP contribution in [0, 0.1) is 5.92 Å². The Morgan fingerprint density at radius 3 is 2.80 bits per heavy atom. The fourth-order valence-electron chi connectivity index (χ4n) is 3.63. The van der Waals surface area contributed by atoms with E-state index in [0.29, 0.717) is 18.9 Å². The number of rotatable bonds is 2. The van der Waals surface area contributed by atoms with E-state index in [1.165, 1.54) is 0 Å². The fraction of sp³-hybridized carbons (Fsp3) is 0.867. The maximum Gasteiger partial charge on any atom is 0.245 e. The maximum absolute atomic E-state index is 12.7. The predicted octanol–water partition coefficient (Wildman–Crippen LogP) is 1.03. The summed E-state index contributed by atoms with van der Waals surface area (Å²) in [6.07, 6.45) is 5.62. The Hall–Kier alpha value is -1.10. The fourth-order valence-corrected chi connectivity index (χ4v) is 3.63. The molecule has 0 spiro atoms. The first-order valence-corrected chi connectivity index (χ1v) is 7.91. The van der Waals surface area contributed by atoms with Crippen molar-refractivity contribution >= 4 is 11.8 Å². The molecule has 5 heteroatoms. The molecule has 3 heterocycles. The highest BCUT2D eigenvalue weighted by Gasteiger charge is 2.38. The zero-order valence-corrected chi connectivity index (χ0v) is 12.1. The zero-order chi connectivity index (χ0) is 13.9. The molecular weight excluding hydrogens is 256 g/mol. The zero-order valence-electron chi connectivity index (χ0n) is 12.1. The van der Waals surface area contributed by atoms with Crippen molar-refractivity contribution < 1.29 is 14.3 Å². The van der Waals surface area contributed by atoms with E-state index in [4.69, 9.17) is 4.74 Å². The molecule has 0 aromatic heterocycles. The van der Waals surface area contributed by atoms with E-state index in [-0.39, 0.29) is 17.9 Å². The van der Waals surface area contributed by atoms with Crippen molar-refractivity contribution in [2.24, 2.45) is 5.92 Å². The third kappa shape index (κ3) is 2.82. The van der Waals surface area contributed by atoms with E-state index < -0.39 is 0 Å². The summed E-state index contributed by atoms with van der Waals surface area (Å²) >= 11 is 0. The van der Waals surface area contributed by atoms with Crippen LogP contribution >= 0.6 is 0 Å². The number of piperidine rings is 1. The number of carbonyl (C=O) groups is 2. The van der Waals surface area contributed by atoms with Crippen LogP contribution in [0.3, 0.4) is 0 Å². The number of nitrogens with zero attached hydrogens (tertiary/aromatic N) is 2. The van der Waals surface area contributed by atoms with E-state index in [2.05, 4.69) is 0 Å². The molecule has 2 atom stereocenters. The molecule has 5 nitrogen and oxygen atoms in total. The third-order valence-electron chi connectivity index (χ3n) is 4.75. The number of ether oxygens (including phenoxy) is 1. The molecule has 3 saturated heterocycles. The van der Waals surface area contributed by atoms with Crippen LogP contribution in [0.25, 0.3) is 0 Å². The van der Waals surface area contributed by atoms with Crippen molar-refractivity contribution in [3.05, 3.63) is 0 Å². The maximum atomic E-state index is 12.7. The van der Waals surface area contributed by atoms with Crippen LogP contribution < -0.4 is 0 Å². The summed E-state index contributed by atoms with van der Waals surface area (Å²) in [4.78, 5) is 28.6. The van der Waals surface area contributed by atoms with Crippen LogP contribution in [0.15, 0.2) is 0 Å². The van der Waals surface area contributed by atoms with Crippen LogP contribution in [0.2, 0.25) is 0 Å². The molecule has 3 aliphatic heterocycles. The summed E-state index contributed by atoms with van der Waals surface area (Å²) in [5, 5.41) is 0. The van der Waals surface area contributed by atoms with Gasteiger partial charge >= 0.3 is 0 Å². The van der Waals surface area contributed by atoms with E-state index in [1.807, 2.05) is 9.80 Å². The van der Waals surface area contributed by atoms with Gasteiger partial charge in [0.2, 0.25) is 11.8 Å². The normalized spacial score (nSPS) is 32.0. The molecule has 2 unspecified atom stereocenters. The van der Waals surface area contributed by atoms with Crippen molar-refractivity contribution in [3.63, 3.8) is 0 Å². The lowest BCUT2D eigenvalue weighted by Crippen LogP contribution is -2.50. The average molecular weight is 280 g/mol. The number of amides is 2. The highest BCUT2D eigenvalue weighted by molar-refractivity contribution is 5.90. The lowest BCUT2D eigenvalue weighted by Gasteiger charge is -2.35. The molecule has 20 heavy (non-hydrogen) atoms. The number of fused-ring (bicyclic) bond motifs is 1. The van der Waals surface area contributed by atoms with E-state index in [0.717, 1.165) is 58.4 Å². The summed E-state index contributed by atoms with van der Waals surface area (Å²) < 4.78 is 5.50. The van der Waals surface area contributed by atoms with Gasteiger partial charge in [-0.1, -0.05) is 0 Å². The first-order valence-electron chi connectivity index (χ1n) is 7.91. The summed E-state index contributed by atoms with van der Waals surface area (Å²) in [6.45, 7) is 3.71. The highest BCUT2D eigenvalue weighted by Crippen LogP contribution is 2.24. The molecule has 0 bridgehead atoms. The van der Waals surface area contributed by atoms with Gasteiger partial charge in [-0.2, -0.15) is 0 Å². The van der Waals surface area contributed by atoms with Crippen molar-refractivity contribution in [2.45, 2.75) is 44.6 Å². The molecule has 2 amide bonds. The van der Waals surface area contributed by atoms with Crippen LogP contribution in [0.4, 0.5) is 0 Å². The number of hydrogen-bond donors (Lipinski definition) is 0. The van der Waals surface area contributed by atoms with Crippen LogP contribution in [-0.4, -0.2) is 60.5 Å². The molecule has 0 radical (unpaired) electrons. The SMILES string of the molecule is O=C1C2CCCCN2C(=O)CCN1CC1CCCOC1. The minimum absolute atomic E-state index is 0.158. The second-order valence-electron chi connectivity index (χ2n) is 6.22. The van der Waals surface area contributed by atoms with Gasteiger partial charge in [0.1, 0.15) is 6.04 Å². The van der Waals surface area contributed by atoms with Crippen LogP contribution in [-0.2, 0) is 14.3 Å². The number of carbonyl (C=O) groups excluding carboxylic acids is 2. The highest BCUT2D eigenvalue weighted by atomic mass is 16.5. The lowest BCUT2D eigenvalue weighted by atomic mass is 9.99. The van der Waals surface area contributed by atoms with Gasteiger partial charge in [-0.3, -0.25) is 9.59 Å². The molecule has 112 valence electrons. The third-order valence-corrected chi connectivity index (χ3v) is 4.75. The molecule has 3 rings (SSSR count). The van der Waals surface area contributed by atoms with Gasteiger partial charge in [-0.15, -0.1) is 0 Å². The minimum Gasteiger partial charge on any atom is -0.381 e. The smallest absolute Gasteiger partial charge is 0.245 e. The molecule has 0 N–H and O–H groups in total. The van der Waals surface area contributed by atoms with Crippen molar-refractivity contribution in [2.75, 3.05) is 32.8 Å². The topological polar surface area (TPSA) is 49.9 Å².